The molecule has 1 aliphatic rings. The Balaban J connectivity index is 1.46. The molecule has 1 saturated heterocycles. The Labute approximate surface area is 195 Å². The van der Waals surface area contributed by atoms with Crippen LogP contribution >= 0.6 is 0 Å². The maximum absolute atomic E-state index is 13.2. The molecule has 0 unspecified atom stereocenters. The van der Waals surface area contributed by atoms with Crippen molar-refractivity contribution in [2.24, 2.45) is 7.05 Å². The lowest BCUT2D eigenvalue weighted by atomic mass is 10.2. The second-order valence-corrected chi connectivity index (χ2v) is 7.97. The van der Waals surface area contributed by atoms with Crippen molar-refractivity contribution in [1.82, 2.24) is 19.4 Å². The van der Waals surface area contributed by atoms with E-state index in [1.165, 1.54) is 0 Å². The Morgan fingerprint density at radius 1 is 1.21 bits per heavy atom. The minimum absolute atomic E-state index is 0.121. The van der Waals surface area contributed by atoms with Gasteiger partial charge in [-0.2, -0.15) is 10.4 Å². The number of nitrogens with one attached hydrogen (secondary N) is 2. The smallest absolute Gasteiger partial charge is 0.278 e. The van der Waals surface area contributed by atoms with E-state index in [1.807, 2.05) is 36.5 Å². The van der Waals surface area contributed by atoms with Crippen molar-refractivity contribution in [3.05, 3.63) is 71.8 Å². The molecule has 2 amide bonds. The van der Waals surface area contributed by atoms with Crippen molar-refractivity contribution < 1.29 is 19.0 Å². The molecule has 10 heteroatoms. The molecule has 4 aromatic rings. The summed E-state index contributed by atoms with van der Waals surface area (Å²) < 4.78 is 8.62. The number of hydrogen-bond donors (Lipinski definition) is 2. The first-order valence-electron chi connectivity index (χ1n) is 10.8. The normalized spacial score (nSPS) is 13.6. The highest BCUT2D eigenvalue weighted by Crippen LogP contribution is 2.24. The maximum Gasteiger partial charge on any atom is 0.278 e. The molecule has 3 aromatic heterocycles. The Hall–Kier alpha value is -4.49. The second kappa shape index (κ2) is 8.80. The molecule has 0 bridgehead atoms. The van der Waals surface area contributed by atoms with Crippen LogP contribution in [0.15, 0.2) is 55.0 Å². The third kappa shape index (κ3) is 4.00. The van der Waals surface area contributed by atoms with Crippen molar-refractivity contribution >= 4 is 23.1 Å². The van der Waals surface area contributed by atoms with Crippen LogP contribution in [-0.4, -0.2) is 57.5 Å². The number of fused-ring (bicyclic) bond motifs is 1. The fraction of sp³-hybridized carbons (Fsp3) is 0.208. The number of amides is 2. The van der Waals surface area contributed by atoms with Gasteiger partial charge in [-0.3, -0.25) is 9.59 Å². The van der Waals surface area contributed by atoms with Gasteiger partial charge in [0.05, 0.1) is 30.2 Å². The van der Waals surface area contributed by atoms with Gasteiger partial charge in [-0.25, -0.2) is 4.98 Å². The fourth-order valence-corrected chi connectivity index (χ4v) is 3.96. The summed E-state index contributed by atoms with van der Waals surface area (Å²) in [5, 5.41) is 15.4. The molecular weight excluding hydrogens is 434 g/mol. The highest BCUT2D eigenvalue weighted by molar-refractivity contribution is 6.11. The fourth-order valence-electron chi connectivity index (χ4n) is 3.96. The number of rotatable bonds is 4. The van der Waals surface area contributed by atoms with E-state index in [9.17, 15) is 14.9 Å². The third-order valence-corrected chi connectivity index (χ3v) is 5.67. The molecule has 0 spiro atoms. The van der Waals surface area contributed by atoms with Crippen LogP contribution in [-0.2, 0) is 11.8 Å². The van der Waals surface area contributed by atoms with Crippen molar-refractivity contribution in [3.63, 3.8) is 0 Å². The standard InChI is InChI=1S/C24H21N7O3/c1-29-14-18(24(33)30-7-9-34-10-8-30)22(28-29)23(32)27-19-11-21-26-20(16-5-3-2-4-6-16)15-31(21)13-17(19)12-25/h2-6,11,13-15H,7-10H2,1H3,(H,26,27,32)/p+1. The van der Waals surface area contributed by atoms with E-state index in [1.54, 1.807) is 39.5 Å². The number of pyridine rings is 1. The van der Waals surface area contributed by atoms with Gasteiger partial charge >= 0.3 is 0 Å². The van der Waals surface area contributed by atoms with Crippen LogP contribution < -0.4 is 10.00 Å². The van der Waals surface area contributed by atoms with E-state index < -0.39 is 5.91 Å². The van der Waals surface area contributed by atoms with Crippen LogP contribution in [0.1, 0.15) is 26.4 Å². The number of imidazole rings is 1. The second-order valence-electron chi connectivity index (χ2n) is 7.97. The van der Waals surface area contributed by atoms with E-state index in [0.717, 1.165) is 11.3 Å². The number of morpholine rings is 1. The number of benzene rings is 1. The van der Waals surface area contributed by atoms with Crippen LogP contribution in [0.3, 0.4) is 0 Å². The van der Waals surface area contributed by atoms with Crippen LogP contribution in [0.4, 0.5) is 5.69 Å². The van der Waals surface area contributed by atoms with Crippen molar-refractivity contribution in [2.75, 3.05) is 31.6 Å². The Kier molecular flexibility index (Phi) is 5.53. The highest BCUT2D eigenvalue weighted by atomic mass is 16.5. The number of aryl methyl sites for hydroxylation is 1. The predicted molar refractivity (Wildman–Crippen MR) is 122 cm³/mol. The molecule has 1 aromatic carbocycles. The van der Waals surface area contributed by atoms with Gasteiger partial charge in [-0.15, -0.1) is 4.68 Å². The van der Waals surface area contributed by atoms with Crippen molar-refractivity contribution in [1.29, 1.82) is 5.26 Å². The average Bonchev–Trinajstić information content (AvgIpc) is 3.47. The van der Waals surface area contributed by atoms with Crippen LogP contribution in [0.2, 0.25) is 0 Å². The zero-order valence-corrected chi connectivity index (χ0v) is 18.5. The number of anilines is 1. The van der Waals surface area contributed by atoms with Gasteiger partial charge in [0, 0.05) is 37.1 Å². The molecule has 1 aliphatic heterocycles. The summed E-state index contributed by atoms with van der Waals surface area (Å²) in [6.07, 6.45) is 5.04. The van der Waals surface area contributed by atoms with Crippen LogP contribution in [0.25, 0.3) is 16.9 Å². The molecule has 0 radical (unpaired) electrons. The number of nitriles is 1. The first-order chi connectivity index (χ1) is 16.5. The lowest BCUT2D eigenvalue weighted by Crippen LogP contribution is -2.41. The van der Waals surface area contributed by atoms with Crippen molar-refractivity contribution in [3.8, 4) is 17.3 Å². The molecule has 2 N–H and O–H groups in total. The van der Waals surface area contributed by atoms with E-state index in [0.29, 0.717) is 37.6 Å². The number of carbonyl (C=O) groups is 2. The number of ether oxygens (including phenoxy) is 1. The summed E-state index contributed by atoms with van der Waals surface area (Å²) in [5.74, 6) is -0.769. The largest absolute Gasteiger partial charge is 0.378 e. The molecule has 0 atom stereocenters. The molecule has 4 heterocycles. The maximum atomic E-state index is 13.2. The van der Waals surface area contributed by atoms with Gasteiger partial charge in [0.1, 0.15) is 17.3 Å². The Morgan fingerprint density at radius 2 is 1.97 bits per heavy atom. The molecule has 170 valence electrons. The SMILES string of the molecule is C[n+]1cc(C(=O)N2CCOCC2)c(C(=O)Nc2cc3nc(-c4ccccc4)cn3cc2C#N)[nH]1. The Bertz CT molecular complexity index is 1430. The van der Waals surface area contributed by atoms with Crippen LogP contribution in [0, 0.1) is 11.3 Å². The first kappa shape index (κ1) is 21.4. The number of carbonyl (C=O) groups excluding carboxylic acids is 2. The molecule has 10 nitrogen and oxygen atoms in total. The summed E-state index contributed by atoms with van der Waals surface area (Å²) in [4.78, 5) is 32.5. The van der Waals surface area contributed by atoms with E-state index >= 15 is 0 Å². The van der Waals surface area contributed by atoms with Gasteiger partial charge in [-0.05, 0) is 0 Å². The minimum atomic E-state index is -0.520. The number of H-pyrrole nitrogens is 1. The molecule has 0 aliphatic carbocycles. The third-order valence-electron chi connectivity index (χ3n) is 5.67. The predicted octanol–water partition coefficient (Wildman–Crippen LogP) is 1.75. The van der Waals surface area contributed by atoms with Gasteiger partial charge in [-0.1, -0.05) is 30.3 Å². The molecule has 5 rings (SSSR count). The molecular formula is C24H22N7O3+. The number of aromatic amines is 1. The average molecular weight is 456 g/mol. The summed E-state index contributed by atoms with van der Waals surface area (Å²) in [7, 11) is 1.70. The van der Waals surface area contributed by atoms with Crippen molar-refractivity contribution in [2.45, 2.75) is 0 Å². The first-order valence-corrected chi connectivity index (χ1v) is 10.8. The van der Waals surface area contributed by atoms with Crippen LogP contribution in [0.5, 0.6) is 0 Å². The molecule has 0 saturated carbocycles. The van der Waals surface area contributed by atoms with E-state index in [-0.39, 0.29) is 22.7 Å². The van der Waals surface area contributed by atoms with Gasteiger partial charge in [0.15, 0.2) is 12.7 Å². The van der Waals surface area contributed by atoms with E-state index in [2.05, 4.69) is 21.5 Å². The molecule has 1 fully saturated rings. The lowest BCUT2D eigenvalue weighted by molar-refractivity contribution is -0.726. The monoisotopic (exact) mass is 456 g/mol. The Morgan fingerprint density at radius 3 is 2.71 bits per heavy atom. The lowest BCUT2D eigenvalue weighted by Gasteiger charge is -2.26. The summed E-state index contributed by atoms with van der Waals surface area (Å²) in [6, 6.07) is 13.5. The zero-order chi connectivity index (χ0) is 23.7. The van der Waals surface area contributed by atoms with Gasteiger partial charge in [0.2, 0.25) is 6.20 Å². The summed E-state index contributed by atoms with van der Waals surface area (Å²) >= 11 is 0. The number of nitrogens with zero attached hydrogens (tertiary/aromatic N) is 5. The molecule has 34 heavy (non-hydrogen) atoms. The topological polar surface area (TPSA) is 119 Å². The quantitative estimate of drug-likeness (QED) is 0.454. The number of aromatic nitrogens is 4. The highest BCUT2D eigenvalue weighted by Gasteiger charge is 2.29. The zero-order valence-electron chi connectivity index (χ0n) is 18.5. The summed E-state index contributed by atoms with van der Waals surface area (Å²) in [5.41, 5.74) is 3.24. The van der Waals surface area contributed by atoms with Gasteiger partial charge in [0.25, 0.3) is 11.8 Å². The minimum Gasteiger partial charge on any atom is -0.378 e. The van der Waals surface area contributed by atoms with Gasteiger partial charge < -0.3 is 19.4 Å². The number of hydrogen-bond acceptors (Lipinski definition) is 5. The van der Waals surface area contributed by atoms with E-state index in [4.69, 9.17) is 4.74 Å². The summed E-state index contributed by atoms with van der Waals surface area (Å²) in [6.45, 7) is 1.86.